The van der Waals surface area contributed by atoms with Gasteiger partial charge >= 0.3 is 0 Å². The van der Waals surface area contributed by atoms with E-state index in [1.165, 1.54) is 0 Å². The van der Waals surface area contributed by atoms with E-state index in [1.54, 1.807) is 16.9 Å². The van der Waals surface area contributed by atoms with Crippen molar-refractivity contribution in [1.29, 1.82) is 0 Å². The summed E-state index contributed by atoms with van der Waals surface area (Å²) in [5, 5.41) is 12.1. The molecular formula is C10H12N4O2. The molecule has 1 aliphatic heterocycles. The van der Waals surface area contributed by atoms with Crippen LogP contribution in [0.3, 0.4) is 0 Å². The molecule has 0 N–H and O–H groups in total. The summed E-state index contributed by atoms with van der Waals surface area (Å²) in [6, 6.07) is 1.88. The molecule has 0 saturated carbocycles. The molecule has 6 nitrogen and oxygen atoms in total. The van der Waals surface area contributed by atoms with Gasteiger partial charge in [0.1, 0.15) is 0 Å². The molecule has 0 spiro atoms. The van der Waals surface area contributed by atoms with Gasteiger partial charge in [0, 0.05) is 12.7 Å². The van der Waals surface area contributed by atoms with Gasteiger partial charge in [0.15, 0.2) is 5.65 Å². The Hall–Kier alpha value is -1.53. The molecule has 2 aromatic rings. The molecule has 6 heteroatoms. The molecule has 0 radical (unpaired) electrons. The highest BCUT2D eigenvalue weighted by molar-refractivity contribution is 5.36. The number of fused-ring (bicyclic) bond motifs is 1. The molecule has 0 bridgehead atoms. The molecule has 0 aromatic carbocycles. The Kier molecular flexibility index (Phi) is 2.51. The Morgan fingerprint density at radius 2 is 2.56 bits per heavy atom. The fourth-order valence-electron chi connectivity index (χ4n) is 1.72. The minimum absolute atomic E-state index is 0.205. The number of aromatic nitrogens is 4. The van der Waals surface area contributed by atoms with Crippen LogP contribution in [0.15, 0.2) is 18.5 Å². The van der Waals surface area contributed by atoms with Gasteiger partial charge in [-0.15, -0.1) is 5.10 Å². The monoisotopic (exact) mass is 220 g/mol. The van der Waals surface area contributed by atoms with Crippen molar-refractivity contribution in [3.8, 4) is 0 Å². The molecule has 2 aromatic heterocycles. The van der Waals surface area contributed by atoms with Crippen molar-refractivity contribution in [1.82, 2.24) is 19.8 Å². The molecule has 1 saturated heterocycles. The normalized spacial score (nSPS) is 20.6. The SMILES string of the molecule is c1cn2nc(COC3CCOC3)cc2nn1. The summed E-state index contributed by atoms with van der Waals surface area (Å²) >= 11 is 0. The van der Waals surface area contributed by atoms with E-state index in [0.29, 0.717) is 13.2 Å². The molecule has 84 valence electrons. The molecular weight excluding hydrogens is 208 g/mol. The van der Waals surface area contributed by atoms with Gasteiger partial charge < -0.3 is 9.47 Å². The zero-order valence-electron chi connectivity index (χ0n) is 8.74. The third-order valence-corrected chi connectivity index (χ3v) is 2.56. The molecule has 1 fully saturated rings. The number of rotatable bonds is 3. The summed E-state index contributed by atoms with van der Waals surface area (Å²) in [7, 11) is 0. The molecule has 1 unspecified atom stereocenters. The summed E-state index contributed by atoms with van der Waals surface area (Å²) in [5.74, 6) is 0. The van der Waals surface area contributed by atoms with E-state index in [2.05, 4.69) is 15.3 Å². The van der Waals surface area contributed by atoms with Gasteiger partial charge in [0.05, 0.1) is 37.4 Å². The minimum Gasteiger partial charge on any atom is -0.379 e. The zero-order valence-corrected chi connectivity index (χ0v) is 8.74. The van der Waals surface area contributed by atoms with Gasteiger partial charge in [-0.2, -0.15) is 10.2 Å². The fourth-order valence-corrected chi connectivity index (χ4v) is 1.72. The molecule has 3 rings (SSSR count). The first-order valence-corrected chi connectivity index (χ1v) is 5.27. The number of hydrogen-bond donors (Lipinski definition) is 0. The summed E-state index contributed by atoms with van der Waals surface area (Å²) < 4.78 is 12.6. The maximum absolute atomic E-state index is 5.67. The van der Waals surface area contributed by atoms with Crippen molar-refractivity contribution >= 4 is 5.65 Å². The Labute approximate surface area is 92.2 Å². The van der Waals surface area contributed by atoms with Gasteiger partial charge in [-0.1, -0.05) is 0 Å². The van der Waals surface area contributed by atoms with Gasteiger partial charge in [-0.3, -0.25) is 0 Å². The van der Waals surface area contributed by atoms with Gasteiger partial charge in [0.25, 0.3) is 0 Å². The van der Waals surface area contributed by atoms with Crippen molar-refractivity contribution in [3.05, 3.63) is 24.2 Å². The van der Waals surface area contributed by atoms with E-state index in [-0.39, 0.29) is 6.10 Å². The molecule has 1 aliphatic rings. The second-order valence-electron chi connectivity index (χ2n) is 3.75. The highest BCUT2D eigenvalue weighted by Gasteiger charge is 2.16. The van der Waals surface area contributed by atoms with Crippen LogP contribution in [0.5, 0.6) is 0 Å². The average Bonchev–Trinajstić information content (AvgIpc) is 2.95. The van der Waals surface area contributed by atoms with E-state index in [9.17, 15) is 0 Å². The van der Waals surface area contributed by atoms with E-state index < -0.39 is 0 Å². The molecule has 0 aliphatic carbocycles. The Morgan fingerprint density at radius 1 is 1.56 bits per heavy atom. The van der Waals surface area contributed by atoms with Crippen LogP contribution in [0.1, 0.15) is 12.1 Å². The highest BCUT2D eigenvalue weighted by Crippen LogP contribution is 2.11. The first-order valence-electron chi connectivity index (χ1n) is 5.27. The van der Waals surface area contributed by atoms with Crippen molar-refractivity contribution in [2.45, 2.75) is 19.1 Å². The van der Waals surface area contributed by atoms with E-state index in [4.69, 9.17) is 9.47 Å². The van der Waals surface area contributed by atoms with Crippen molar-refractivity contribution in [2.75, 3.05) is 13.2 Å². The lowest BCUT2D eigenvalue weighted by molar-refractivity contribution is 0.0300. The Bertz CT molecular complexity index is 445. The maximum Gasteiger partial charge on any atom is 0.177 e. The number of nitrogens with zero attached hydrogens (tertiary/aromatic N) is 4. The highest BCUT2D eigenvalue weighted by atomic mass is 16.5. The van der Waals surface area contributed by atoms with E-state index >= 15 is 0 Å². The molecule has 3 heterocycles. The average molecular weight is 220 g/mol. The van der Waals surface area contributed by atoms with Gasteiger partial charge in [0.2, 0.25) is 0 Å². The van der Waals surface area contributed by atoms with Gasteiger partial charge in [-0.25, -0.2) is 4.52 Å². The molecule has 1 atom stereocenters. The topological polar surface area (TPSA) is 61.5 Å². The minimum atomic E-state index is 0.205. The number of ether oxygens (including phenoxy) is 2. The number of hydrogen-bond acceptors (Lipinski definition) is 5. The van der Waals surface area contributed by atoms with Crippen LogP contribution in [0.4, 0.5) is 0 Å². The zero-order chi connectivity index (χ0) is 10.8. The van der Waals surface area contributed by atoms with Crippen LogP contribution in [0.25, 0.3) is 5.65 Å². The predicted octanol–water partition coefficient (Wildman–Crippen LogP) is 0.430. The fraction of sp³-hybridized carbons (Fsp3) is 0.500. The first kappa shape index (κ1) is 9.68. The largest absolute Gasteiger partial charge is 0.379 e. The smallest absolute Gasteiger partial charge is 0.177 e. The third kappa shape index (κ3) is 1.89. The second-order valence-corrected chi connectivity index (χ2v) is 3.75. The lowest BCUT2D eigenvalue weighted by Gasteiger charge is -2.06. The predicted molar refractivity (Wildman–Crippen MR) is 54.8 cm³/mol. The summed E-state index contributed by atoms with van der Waals surface area (Å²) in [6.07, 6.45) is 4.54. The second kappa shape index (κ2) is 4.15. The van der Waals surface area contributed by atoms with Crippen molar-refractivity contribution < 1.29 is 9.47 Å². The molecule has 0 amide bonds. The summed E-state index contributed by atoms with van der Waals surface area (Å²) in [5.41, 5.74) is 1.61. The van der Waals surface area contributed by atoms with Crippen molar-refractivity contribution in [2.24, 2.45) is 0 Å². The molecule has 16 heavy (non-hydrogen) atoms. The Balaban J connectivity index is 1.69. The lowest BCUT2D eigenvalue weighted by atomic mass is 10.3. The van der Waals surface area contributed by atoms with E-state index in [0.717, 1.165) is 24.4 Å². The van der Waals surface area contributed by atoms with E-state index in [1.807, 2.05) is 6.07 Å². The van der Waals surface area contributed by atoms with Crippen LogP contribution < -0.4 is 0 Å². The van der Waals surface area contributed by atoms with Crippen LogP contribution >= 0.6 is 0 Å². The summed E-state index contributed by atoms with van der Waals surface area (Å²) in [6.45, 7) is 1.98. The van der Waals surface area contributed by atoms with Gasteiger partial charge in [-0.05, 0) is 6.42 Å². The lowest BCUT2D eigenvalue weighted by Crippen LogP contribution is -2.12. The standard InChI is InChI=1S/C10H12N4O2/c1-4-15-7-9(1)16-6-8-5-10-12-11-2-3-14(10)13-8/h2-3,5,9H,1,4,6-7H2. The quantitative estimate of drug-likeness (QED) is 0.750. The van der Waals surface area contributed by atoms with Crippen LogP contribution in [0, 0.1) is 0 Å². The van der Waals surface area contributed by atoms with Crippen LogP contribution in [-0.2, 0) is 16.1 Å². The maximum atomic E-state index is 5.67. The van der Waals surface area contributed by atoms with Crippen LogP contribution in [0.2, 0.25) is 0 Å². The first-order chi connectivity index (χ1) is 7.92. The Morgan fingerprint density at radius 3 is 3.38 bits per heavy atom. The van der Waals surface area contributed by atoms with Crippen molar-refractivity contribution in [3.63, 3.8) is 0 Å². The summed E-state index contributed by atoms with van der Waals surface area (Å²) in [4.78, 5) is 0. The third-order valence-electron chi connectivity index (χ3n) is 2.56. The van der Waals surface area contributed by atoms with Crippen LogP contribution in [-0.4, -0.2) is 39.1 Å².